The predicted molar refractivity (Wildman–Crippen MR) is 55.9 cm³/mol. The van der Waals surface area contributed by atoms with Crippen LogP contribution in [0.2, 0.25) is 0 Å². The molecule has 4 heteroatoms. The Morgan fingerprint density at radius 3 is 3.00 bits per heavy atom. The van der Waals surface area contributed by atoms with E-state index in [0.29, 0.717) is 6.04 Å². The first-order chi connectivity index (χ1) is 6.72. The van der Waals surface area contributed by atoms with Crippen molar-refractivity contribution in [3.63, 3.8) is 0 Å². The van der Waals surface area contributed by atoms with Crippen LogP contribution in [-0.4, -0.2) is 27.3 Å². The molecule has 14 heavy (non-hydrogen) atoms. The zero-order chi connectivity index (χ0) is 10.4. The Hall–Kier alpha value is -0.870. The number of imidazole rings is 1. The van der Waals surface area contributed by atoms with Gasteiger partial charge in [-0.15, -0.1) is 0 Å². The van der Waals surface area contributed by atoms with Crippen molar-refractivity contribution in [2.24, 2.45) is 0 Å². The predicted octanol–water partition coefficient (Wildman–Crippen LogP) is 0.763. The number of hydrogen-bond acceptors (Lipinski definition) is 3. The van der Waals surface area contributed by atoms with Gasteiger partial charge in [0.25, 0.3) is 0 Å². The normalized spacial score (nSPS) is 11.1. The Bertz CT molecular complexity index is 258. The zero-order valence-electron chi connectivity index (χ0n) is 8.90. The number of aromatic nitrogens is 2. The quantitative estimate of drug-likeness (QED) is 0.708. The Labute approximate surface area is 85.0 Å². The lowest BCUT2D eigenvalue weighted by Crippen LogP contribution is -2.21. The Kier molecular flexibility index (Phi) is 4.62. The Morgan fingerprint density at radius 1 is 1.57 bits per heavy atom. The molecule has 4 nitrogen and oxygen atoms in total. The maximum atomic E-state index is 8.66. The molecule has 0 atom stereocenters. The highest BCUT2D eigenvalue weighted by Gasteiger charge is 1.99. The van der Waals surface area contributed by atoms with E-state index in [1.165, 1.54) is 0 Å². The summed E-state index contributed by atoms with van der Waals surface area (Å²) in [5.74, 6) is 0. The fourth-order valence-electron chi connectivity index (χ4n) is 1.18. The largest absolute Gasteiger partial charge is 0.396 e. The number of rotatable bonds is 6. The van der Waals surface area contributed by atoms with Gasteiger partial charge in [-0.05, 0) is 6.42 Å². The van der Waals surface area contributed by atoms with Crippen LogP contribution in [-0.2, 0) is 13.1 Å². The van der Waals surface area contributed by atoms with Crippen LogP contribution in [0.25, 0.3) is 0 Å². The number of aliphatic hydroxyl groups is 1. The molecule has 0 aliphatic heterocycles. The van der Waals surface area contributed by atoms with Crippen LogP contribution in [0.4, 0.5) is 0 Å². The van der Waals surface area contributed by atoms with Crippen molar-refractivity contribution in [3.05, 3.63) is 18.2 Å². The fraction of sp³-hybridized carbons (Fsp3) is 0.700. The molecule has 0 aromatic carbocycles. The van der Waals surface area contributed by atoms with Crippen LogP contribution in [0.15, 0.2) is 12.5 Å². The molecule has 0 saturated carbocycles. The standard InChI is InChI=1S/C10H19N3O/c1-9(2)11-6-10-7-13(8-12-10)4-3-5-14/h7-9,11,14H,3-6H2,1-2H3. The third-order valence-electron chi connectivity index (χ3n) is 1.95. The van der Waals surface area contributed by atoms with E-state index in [2.05, 4.69) is 24.1 Å². The summed E-state index contributed by atoms with van der Waals surface area (Å²) >= 11 is 0. The molecule has 80 valence electrons. The van der Waals surface area contributed by atoms with Gasteiger partial charge in [-0.1, -0.05) is 13.8 Å². The first-order valence-corrected chi connectivity index (χ1v) is 5.07. The minimum Gasteiger partial charge on any atom is -0.396 e. The van der Waals surface area contributed by atoms with E-state index in [-0.39, 0.29) is 6.61 Å². The second-order valence-electron chi connectivity index (χ2n) is 3.72. The van der Waals surface area contributed by atoms with Crippen molar-refractivity contribution in [2.75, 3.05) is 6.61 Å². The molecule has 0 aliphatic rings. The summed E-state index contributed by atoms with van der Waals surface area (Å²) in [6, 6.07) is 0.484. The lowest BCUT2D eigenvalue weighted by atomic mass is 10.3. The van der Waals surface area contributed by atoms with Crippen molar-refractivity contribution in [3.8, 4) is 0 Å². The van der Waals surface area contributed by atoms with Gasteiger partial charge in [0.2, 0.25) is 0 Å². The van der Waals surface area contributed by atoms with E-state index in [4.69, 9.17) is 5.11 Å². The van der Waals surface area contributed by atoms with Gasteiger partial charge in [-0.25, -0.2) is 4.98 Å². The van der Waals surface area contributed by atoms with Gasteiger partial charge in [-0.3, -0.25) is 0 Å². The van der Waals surface area contributed by atoms with Crippen LogP contribution in [0.1, 0.15) is 26.0 Å². The minimum atomic E-state index is 0.234. The number of aliphatic hydroxyl groups excluding tert-OH is 1. The second kappa shape index (κ2) is 5.78. The third kappa shape index (κ3) is 3.89. The summed E-state index contributed by atoms with van der Waals surface area (Å²) in [5.41, 5.74) is 1.05. The highest BCUT2D eigenvalue weighted by Crippen LogP contribution is 1.97. The van der Waals surface area contributed by atoms with Gasteiger partial charge in [0.1, 0.15) is 0 Å². The Balaban J connectivity index is 2.35. The number of hydrogen-bond donors (Lipinski definition) is 2. The molecular formula is C10H19N3O. The molecular weight excluding hydrogens is 178 g/mol. The van der Waals surface area contributed by atoms with Crippen molar-refractivity contribution < 1.29 is 5.11 Å². The first-order valence-electron chi connectivity index (χ1n) is 5.07. The summed E-state index contributed by atoms with van der Waals surface area (Å²) in [5, 5.41) is 12.0. The van der Waals surface area contributed by atoms with Gasteiger partial charge in [0, 0.05) is 31.9 Å². The molecule has 2 N–H and O–H groups in total. The molecule has 0 spiro atoms. The molecule has 0 bridgehead atoms. The molecule has 0 saturated heterocycles. The molecule has 0 amide bonds. The SMILES string of the molecule is CC(C)NCc1cn(CCCO)cn1. The van der Waals surface area contributed by atoms with E-state index in [1.807, 2.05) is 17.1 Å². The van der Waals surface area contributed by atoms with E-state index in [1.54, 1.807) is 0 Å². The van der Waals surface area contributed by atoms with Crippen molar-refractivity contribution in [1.82, 2.24) is 14.9 Å². The lowest BCUT2D eigenvalue weighted by molar-refractivity contribution is 0.279. The van der Waals surface area contributed by atoms with E-state index in [0.717, 1.165) is 25.2 Å². The molecule has 0 fully saturated rings. The summed E-state index contributed by atoms with van der Waals surface area (Å²) in [6.45, 7) is 6.11. The zero-order valence-corrected chi connectivity index (χ0v) is 8.90. The molecule has 0 aliphatic carbocycles. The van der Waals surface area contributed by atoms with E-state index >= 15 is 0 Å². The van der Waals surface area contributed by atoms with Gasteiger partial charge >= 0.3 is 0 Å². The molecule has 1 rings (SSSR count). The molecule has 1 aromatic rings. The van der Waals surface area contributed by atoms with Gasteiger partial charge in [0.05, 0.1) is 12.0 Å². The van der Waals surface area contributed by atoms with Gasteiger partial charge in [-0.2, -0.15) is 0 Å². The maximum Gasteiger partial charge on any atom is 0.0949 e. The third-order valence-corrected chi connectivity index (χ3v) is 1.95. The average molecular weight is 197 g/mol. The fourth-order valence-corrected chi connectivity index (χ4v) is 1.18. The number of nitrogens with one attached hydrogen (secondary N) is 1. The summed E-state index contributed by atoms with van der Waals surface area (Å²) in [4.78, 5) is 4.26. The van der Waals surface area contributed by atoms with E-state index in [9.17, 15) is 0 Å². The summed E-state index contributed by atoms with van der Waals surface area (Å²) < 4.78 is 2.01. The highest BCUT2D eigenvalue weighted by molar-refractivity contribution is 4.96. The maximum absolute atomic E-state index is 8.66. The molecule has 1 heterocycles. The van der Waals surface area contributed by atoms with Gasteiger partial charge in [0.15, 0.2) is 0 Å². The topological polar surface area (TPSA) is 50.1 Å². The molecule has 0 unspecified atom stereocenters. The molecule has 0 radical (unpaired) electrons. The number of nitrogens with zero attached hydrogens (tertiary/aromatic N) is 2. The van der Waals surface area contributed by atoms with E-state index < -0.39 is 0 Å². The van der Waals surface area contributed by atoms with Crippen LogP contribution >= 0.6 is 0 Å². The minimum absolute atomic E-state index is 0.234. The van der Waals surface area contributed by atoms with Crippen LogP contribution in [0.3, 0.4) is 0 Å². The highest BCUT2D eigenvalue weighted by atomic mass is 16.3. The summed E-state index contributed by atoms with van der Waals surface area (Å²) in [7, 11) is 0. The molecule has 1 aromatic heterocycles. The monoisotopic (exact) mass is 197 g/mol. The van der Waals surface area contributed by atoms with Crippen molar-refractivity contribution in [2.45, 2.75) is 39.4 Å². The van der Waals surface area contributed by atoms with Crippen LogP contribution < -0.4 is 5.32 Å². The van der Waals surface area contributed by atoms with Crippen molar-refractivity contribution >= 4 is 0 Å². The van der Waals surface area contributed by atoms with Gasteiger partial charge < -0.3 is 15.0 Å². The van der Waals surface area contributed by atoms with Crippen LogP contribution in [0, 0.1) is 0 Å². The average Bonchev–Trinajstić information content (AvgIpc) is 2.59. The summed E-state index contributed by atoms with van der Waals surface area (Å²) in [6.07, 6.45) is 4.62. The first kappa shape index (κ1) is 11.2. The second-order valence-corrected chi connectivity index (χ2v) is 3.72. The lowest BCUT2D eigenvalue weighted by Gasteiger charge is -2.04. The smallest absolute Gasteiger partial charge is 0.0949 e. The number of aryl methyl sites for hydroxylation is 1. The van der Waals surface area contributed by atoms with Crippen LogP contribution in [0.5, 0.6) is 0 Å². The van der Waals surface area contributed by atoms with Crippen molar-refractivity contribution in [1.29, 1.82) is 0 Å². The Morgan fingerprint density at radius 2 is 2.36 bits per heavy atom.